The average molecular weight is 536 g/mol. The molecule has 0 fully saturated rings. The highest BCUT2D eigenvalue weighted by atomic mass is 15.0. The second-order valence-corrected chi connectivity index (χ2v) is 10.5. The van der Waals surface area contributed by atoms with Crippen LogP contribution in [0.25, 0.3) is 77.6 Å². The number of rotatable bonds is 4. The van der Waals surface area contributed by atoms with E-state index in [-0.39, 0.29) is 0 Å². The molecule has 0 radical (unpaired) electrons. The van der Waals surface area contributed by atoms with E-state index in [0.29, 0.717) is 17.5 Å². The molecule has 0 bridgehead atoms. The van der Waals surface area contributed by atoms with Gasteiger partial charge in [0, 0.05) is 16.7 Å². The predicted octanol–water partition coefficient (Wildman–Crippen LogP) is 10.00. The van der Waals surface area contributed by atoms with E-state index in [4.69, 9.17) is 15.0 Å². The molecule has 0 atom stereocenters. The molecular formula is C39H25N3. The topological polar surface area (TPSA) is 38.7 Å². The number of benzene rings is 7. The lowest BCUT2D eigenvalue weighted by atomic mass is 9.94. The summed E-state index contributed by atoms with van der Waals surface area (Å²) in [5, 5.41) is 7.61. The SMILES string of the molecule is c1ccc(-c2nc(-c3ccccc3)nc(-c3ccc(-c4ccc5ccc6c7ccccc7ccc6c5c4)cc3)n2)cc1. The molecule has 196 valence electrons. The van der Waals surface area contributed by atoms with Crippen molar-refractivity contribution in [2.45, 2.75) is 0 Å². The first-order valence-electron chi connectivity index (χ1n) is 14.1. The molecule has 42 heavy (non-hydrogen) atoms. The second-order valence-electron chi connectivity index (χ2n) is 10.5. The molecule has 0 saturated carbocycles. The van der Waals surface area contributed by atoms with Gasteiger partial charge in [-0.15, -0.1) is 0 Å². The van der Waals surface area contributed by atoms with Crippen LogP contribution in [0.15, 0.2) is 152 Å². The maximum Gasteiger partial charge on any atom is 0.164 e. The minimum Gasteiger partial charge on any atom is -0.208 e. The van der Waals surface area contributed by atoms with Crippen molar-refractivity contribution in [1.82, 2.24) is 15.0 Å². The molecule has 1 aromatic heterocycles. The number of hydrogen-bond acceptors (Lipinski definition) is 3. The molecule has 0 amide bonds. The van der Waals surface area contributed by atoms with Gasteiger partial charge in [-0.25, -0.2) is 15.0 Å². The summed E-state index contributed by atoms with van der Waals surface area (Å²) in [6, 6.07) is 52.9. The van der Waals surface area contributed by atoms with Crippen LogP contribution < -0.4 is 0 Å². The van der Waals surface area contributed by atoms with Crippen LogP contribution in [0.1, 0.15) is 0 Å². The van der Waals surface area contributed by atoms with Gasteiger partial charge in [0.1, 0.15) is 0 Å². The zero-order valence-corrected chi connectivity index (χ0v) is 22.8. The minimum atomic E-state index is 0.658. The maximum atomic E-state index is 4.88. The molecular weight excluding hydrogens is 510 g/mol. The summed E-state index contributed by atoms with van der Waals surface area (Å²) in [6.45, 7) is 0. The van der Waals surface area contributed by atoms with Gasteiger partial charge in [0.05, 0.1) is 0 Å². The first kappa shape index (κ1) is 24.2. The number of aromatic nitrogens is 3. The van der Waals surface area contributed by atoms with Gasteiger partial charge < -0.3 is 0 Å². The minimum absolute atomic E-state index is 0.658. The molecule has 0 saturated heterocycles. The van der Waals surface area contributed by atoms with E-state index in [2.05, 4.69) is 91.0 Å². The smallest absolute Gasteiger partial charge is 0.164 e. The molecule has 0 aliphatic rings. The molecule has 0 unspecified atom stereocenters. The van der Waals surface area contributed by atoms with Gasteiger partial charge in [-0.05, 0) is 49.5 Å². The van der Waals surface area contributed by atoms with Gasteiger partial charge in [0.25, 0.3) is 0 Å². The first-order chi connectivity index (χ1) is 20.8. The third-order valence-corrected chi connectivity index (χ3v) is 7.92. The average Bonchev–Trinajstić information content (AvgIpc) is 3.08. The van der Waals surface area contributed by atoms with Crippen molar-refractivity contribution in [2.24, 2.45) is 0 Å². The molecule has 3 nitrogen and oxygen atoms in total. The van der Waals surface area contributed by atoms with Crippen molar-refractivity contribution >= 4 is 32.3 Å². The van der Waals surface area contributed by atoms with Gasteiger partial charge in [0.15, 0.2) is 17.5 Å². The van der Waals surface area contributed by atoms with Crippen LogP contribution >= 0.6 is 0 Å². The van der Waals surface area contributed by atoms with E-state index in [1.807, 2.05) is 60.7 Å². The van der Waals surface area contributed by atoms with Gasteiger partial charge >= 0.3 is 0 Å². The Bertz CT molecular complexity index is 2160. The summed E-state index contributed by atoms with van der Waals surface area (Å²) in [5.41, 5.74) is 5.21. The number of nitrogens with zero attached hydrogens (tertiary/aromatic N) is 3. The molecule has 7 aromatic carbocycles. The Morgan fingerprint density at radius 3 is 1.31 bits per heavy atom. The summed E-state index contributed by atoms with van der Waals surface area (Å²) in [6.07, 6.45) is 0. The van der Waals surface area contributed by atoms with E-state index in [1.165, 1.54) is 37.9 Å². The van der Waals surface area contributed by atoms with E-state index in [0.717, 1.165) is 22.3 Å². The fourth-order valence-electron chi connectivity index (χ4n) is 5.75. The molecule has 0 N–H and O–H groups in total. The highest BCUT2D eigenvalue weighted by molar-refractivity contribution is 6.17. The zero-order valence-electron chi connectivity index (χ0n) is 22.8. The van der Waals surface area contributed by atoms with Crippen molar-refractivity contribution in [1.29, 1.82) is 0 Å². The van der Waals surface area contributed by atoms with Crippen LogP contribution in [0, 0.1) is 0 Å². The van der Waals surface area contributed by atoms with Crippen molar-refractivity contribution in [3.05, 3.63) is 152 Å². The summed E-state index contributed by atoms with van der Waals surface area (Å²) in [5.74, 6) is 1.99. The summed E-state index contributed by atoms with van der Waals surface area (Å²) in [7, 11) is 0. The number of fused-ring (bicyclic) bond motifs is 5. The Morgan fingerprint density at radius 2 is 0.690 bits per heavy atom. The van der Waals surface area contributed by atoms with Gasteiger partial charge in [0.2, 0.25) is 0 Å². The lowest BCUT2D eigenvalue weighted by Gasteiger charge is -2.11. The van der Waals surface area contributed by atoms with Crippen molar-refractivity contribution in [3.8, 4) is 45.3 Å². The standard InChI is InChI=1S/C39H25N3/c1-3-10-29(11-4-1)37-40-38(30-12-5-2-6-13-30)42-39(41-37)31-18-15-26(16-19-31)32-20-17-28-22-23-34-33-14-8-7-9-27(33)21-24-35(34)36(28)25-32/h1-25H. The third-order valence-electron chi connectivity index (χ3n) is 7.92. The largest absolute Gasteiger partial charge is 0.208 e. The van der Waals surface area contributed by atoms with Gasteiger partial charge in [-0.1, -0.05) is 146 Å². The molecule has 3 heteroatoms. The van der Waals surface area contributed by atoms with E-state index < -0.39 is 0 Å². The molecule has 8 aromatic rings. The normalized spacial score (nSPS) is 11.3. The van der Waals surface area contributed by atoms with Crippen LogP contribution in [0.2, 0.25) is 0 Å². The summed E-state index contributed by atoms with van der Waals surface area (Å²) >= 11 is 0. The molecule has 1 heterocycles. The molecule has 0 spiro atoms. The van der Waals surface area contributed by atoms with Crippen molar-refractivity contribution in [3.63, 3.8) is 0 Å². The molecule has 0 aliphatic heterocycles. The van der Waals surface area contributed by atoms with Crippen LogP contribution in [-0.2, 0) is 0 Å². The van der Waals surface area contributed by atoms with Crippen molar-refractivity contribution in [2.75, 3.05) is 0 Å². The Balaban J connectivity index is 1.21. The monoisotopic (exact) mass is 535 g/mol. The predicted molar refractivity (Wildman–Crippen MR) is 174 cm³/mol. The van der Waals surface area contributed by atoms with E-state index in [9.17, 15) is 0 Å². The Kier molecular flexibility index (Phi) is 5.79. The highest BCUT2D eigenvalue weighted by Gasteiger charge is 2.13. The first-order valence-corrected chi connectivity index (χ1v) is 14.1. The van der Waals surface area contributed by atoms with Crippen molar-refractivity contribution < 1.29 is 0 Å². The highest BCUT2D eigenvalue weighted by Crippen LogP contribution is 2.34. The molecule has 0 aliphatic carbocycles. The maximum absolute atomic E-state index is 4.88. The Morgan fingerprint density at radius 1 is 0.262 bits per heavy atom. The summed E-state index contributed by atoms with van der Waals surface area (Å²) in [4.78, 5) is 14.6. The quantitative estimate of drug-likeness (QED) is 0.211. The second kappa shape index (κ2) is 10.1. The lowest BCUT2D eigenvalue weighted by molar-refractivity contribution is 1.07. The lowest BCUT2D eigenvalue weighted by Crippen LogP contribution is -2.00. The fraction of sp³-hybridized carbons (Fsp3) is 0. The Hall–Kier alpha value is -5.67. The third kappa shape index (κ3) is 4.29. The van der Waals surface area contributed by atoms with Crippen LogP contribution in [-0.4, -0.2) is 15.0 Å². The van der Waals surface area contributed by atoms with E-state index in [1.54, 1.807) is 0 Å². The van der Waals surface area contributed by atoms with Crippen LogP contribution in [0.5, 0.6) is 0 Å². The van der Waals surface area contributed by atoms with Gasteiger partial charge in [-0.2, -0.15) is 0 Å². The van der Waals surface area contributed by atoms with Gasteiger partial charge in [-0.3, -0.25) is 0 Å². The molecule has 8 rings (SSSR count). The van der Waals surface area contributed by atoms with Crippen LogP contribution in [0.3, 0.4) is 0 Å². The number of hydrogen-bond donors (Lipinski definition) is 0. The fourth-order valence-corrected chi connectivity index (χ4v) is 5.75. The zero-order chi connectivity index (χ0) is 27.9. The van der Waals surface area contributed by atoms with E-state index >= 15 is 0 Å². The summed E-state index contributed by atoms with van der Waals surface area (Å²) < 4.78 is 0. The Labute approximate surface area is 243 Å². The van der Waals surface area contributed by atoms with Crippen LogP contribution in [0.4, 0.5) is 0 Å².